The number of ether oxygens (including phenoxy) is 2. The number of phosphoric acid groups is 2. The van der Waals surface area contributed by atoms with Crippen molar-refractivity contribution in [1.29, 1.82) is 0 Å². The molecule has 0 amide bonds. The van der Waals surface area contributed by atoms with Gasteiger partial charge >= 0.3 is 27.3 Å². The summed E-state index contributed by atoms with van der Waals surface area (Å²) >= 11 is 0. The van der Waals surface area contributed by atoms with Crippen molar-refractivity contribution >= 4 is 21.6 Å². The first-order valence-electron chi connectivity index (χ1n) is 9.98. The van der Waals surface area contributed by atoms with E-state index in [0.29, 0.717) is 4.57 Å². The summed E-state index contributed by atoms with van der Waals surface area (Å²) in [7, 11) is -11.3. The molecule has 0 aliphatic carbocycles. The van der Waals surface area contributed by atoms with E-state index in [2.05, 4.69) is 18.1 Å². The molecule has 1 aromatic heterocycles. The predicted molar refractivity (Wildman–Crippen MR) is 109 cm³/mol. The van der Waals surface area contributed by atoms with Crippen LogP contribution in [-0.2, 0) is 36.8 Å². The van der Waals surface area contributed by atoms with Gasteiger partial charge in [-0.2, -0.15) is 4.31 Å². The normalized spacial score (nSPS) is 37.5. The lowest BCUT2D eigenvalue weighted by atomic mass is 9.99. The van der Waals surface area contributed by atoms with Gasteiger partial charge in [0.1, 0.15) is 36.6 Å². The molecule has 0 bridgehead atoms. The number of aliphatic hydroxyl groups excluding tert-OH is 5. The number of aromatic amines is 1. The van der Waals surface area contributed by atoms with Gasteiger partial charge in [-0.3, -0.25) is 23.4 Å². The third kappa shape index (κ3) is 6.77. The first-order valence-corrected chi connectivity index (χ1v) is 13.0. The zero-order valence-corrected chi connectivity index (χ0v) is 19.8. The number of H-pyrrole nitrogens is 1. The molecule has 2 aliphatic heterocycles. The summed E-state index contributed by atoms with van der Waals surface area (Å²) < 4.78 is 47.6. The number of phosphoric ester groups is 2. The topological polar surface area (TPSA) is 314 Å². The van der Waals surface area contributed by atoms with Crippen LogP contribution in [0.15, 0.2) is 21.9 Å². The van der Waals surface area contributed by atoms with Gasteiger partial charge in [0.05, 0.1) is 6.61 Å². The minimum Gasteiger partial charge on any atom is -0.479 e. The minimum absolute atomic E-state index is 0.700. The Morgan fingerprint density at radius 3 is 2.22 bits per heavy atom. The lowest BCUT2D eigenvalue weighted by Crippen LogP contribution is -2.60. The van der Waals surface area contributed by atoms with Crippen molar-refractivity contribution < 1.29 is 77.2 Å². The van der Waals surface area contributed by atoms with Crippen LogP contribution in [0, 0.1) is 0 Å². The number of carbonyl (C=O) groups is 1. The van der Waals surface area contributed by atoms with E-state index in [9.17, 15) is 58.8 Å². The van der Waals surface area contributed by atoms with Crippen molar-refractivity contribution in [2.75, 3.05) is 6.61 Å². The van der Waals surface area contributed by atoms with Gasteiger partial charge in [0.25, 0.3) is 5.56 Å². The van der Waals surface area contributed by atoms with E-state index < -0.39 is 94.7 Å². The summed E-state index contributed by atoms with van der Waals surface area (Å²) in [6.45, 7) is -1.07. The fraction of sp³-hybridized carbons (Fsp3) is 0.667. The second-order valence-corrected chi connectivity index (χ2v) is 10.7. The largest absolute Gasteiger partial charge is 0.483 e. The summed E-state index contributed by atoms with van der Waals surface area (Å²) in [4.78, 5) is 55.5. The standard InChI is InChI=1S/C15H22N2O18P2/c18-5-1-2-17(15(26)16-5)12-9(22)6(19)4(32-12)3-31-36(27,28)35-37(29,30)34-14-10(23)7(20)8(21)11(33-14)13(24)25/h1-2,4,6-12,14,19-23H,3H2,(H,24,25)(H,27,28)(H,29,30)(H,16,18,26)/t4?,6?,7-,8-,9?,10+,11-,12?,14?/m1/s1. The van der Waals surface area contributed by atoms with Crippen molar-refractivity contribution in [3.8, 4) is 0 Å². The summed E-state index contributed by atoms with van der Waals surface area (Å²) in [6, 6.07) is 0.910. The van der Waals surface area contributed by atoms with Gasteiger partial charge in [-0.1, -0.05) is 0 Å². The first-order chi connectivity index (χ1) is 17.0. The molecule has 2 fully saturated rings. The Kier molecular flexibility index (Phi) is 8.89. The van der Waals surface area contributed by atoms with E-state index in [1.54, 1.807) is 0 Å². The zero-order valence-electron chi connectivity index (χ0n) is 18.1. The number of aliphatic carboxylic acids is 1. The Morgan fingerprint density at radius 2 is 1.62 bits per heavy atom. The van der Waals surface area contributed by atoms with Crippen LogP contribution in [0.25, 0.3) is 0 Å². The van der Waals surface area contributed by atoms with Gasteiger partial charge in [-0.25, -0.2) is 18.7 Å². The SMILES string of the molecule is O=C(O)[C@@H]1OC(OP(=O)(O)OP(=O)(O)OCC2OC(n3ccc(=O)[nH]c3=O)C(O)C2O)[C@@H](O)[C@H](O)[C@H]1O. The Balaban J connectivity index is 1.63. The minimum atomic E-state index is -5.72. The fourth-order valence-corrected chi connectivity index (χ4v) is 5.49. The molecule has 0 spiro atoms. The Hall–Kier alpha value is -1.87. The van der Waals surface area contributed by atoms with Crippen LogP contribution in [0.1, 0.15) is 6.23 Å². The number of nitrogens with one attached hydrogen (secondary N) is 1. The highest BCUT2D eigenvalue weighted by molar-refractivity contribution is 7.61. The molecule has 0 aromatic carbocycles. The highest BCUT2D eigenvalue weighted by atomic mass is 31.3. The highest BCUT2D eigenvalue weighted by Gasteiger charge is 2.51. The molecular weight excluding hydrogens is 558 g/mol. The number of carboxylic acids is 1. The summed E-state index contributed by atoms with van der Waals surface area (Å²) in [5.74, 6) is -1.85. The molecule has 3 rings (SSSR count). The van der Waals surface area contributed by atoms with E-state index in [4.69, 9.17) is 9.84 Å². The molecule has 1 aromatic rings. The molecule has 0 saturated carbocycles. The Morgan fingerprint density at radius 1 is 0.973 bits per heavy atom. The van der Waals surface area contributed by atoms with E-state index in [1.807, 2.05) is 4.98 Å². The van der Waals surface area contributed by atoms with Crippen LogP contribution < -0.4 is 11.2 Å². The number of carboxylic acid groups (broad SMARTS) is 1. The van der Waals surface area contributed by atoms with E-state index in [-0.39, 0.29) is 0 Å². The maximum absolute atomic E-state index is 12.2. The molecule has 11 atom stereocenters. The van der Waals surface area contributed by atoms with Crippen LogP contribution in [0.5, 0.6) is 0 Å². The van der Waals surface area contributed by atoms with Gasteiger partial charge < -0.3 is 49.9 Å². The second-order valence-electron chi connectivity index (χ2n) is 7.72. The molecule has 2 saturated heterocycles. The molecule has 3 heterocycles. The highest BCUT2D eigenvalue weighted by Crippen LogP contribution is 2.61. The summed E-state index contributed by atoms with van der Waals surface area (Å²) in [5.41, 5.74) is -1.78. The molecule has 9 N–H and O–H groups in total. The van der Waals surface area contributed by atoms with Crippen LogP contribution >= 0.6 is 15.6 Å². The number of hydrogen-bond acceptors (Lipinski definition) is 15. The first kappa shape index (κ1) is 29.7. The van der Waals surface area contributed by atoms with Crippen molar-refractivity contribution in [1.82, 2.24) is 9.55 Å². The van der Waals surface area contributed by atoms with E-state index >= 15 is 0 Å². The Bertz CT molecular complexity index is 1200. The van der Waals surface area contributed by atoms with Crippen molar-refractivity contribution in [3.63, 3.8) is 0 Å². The van der Waals surface area contributed by atoms with Crippen molar-refractivity contribution in [2.24, 2.45) is 0 Å². The molecule has 2 aliphatic rings. The molecule has 20 nitrogen and oxygen atoms in total. The third-order valence-electron chi connectivity index (χ3n) is 5.12. The lowest BCUT2D eigenvalue weighted by Gasteiger charge is -2.38. The number of aromatic nitrogens is 2. The Labute approximate surface area is 204 Å². The van der Waals surface area contributed by atoms with Crippen molar-refractivity contribution in [3.05, 3.63) is 33.1 Å². The fourth-order valence-electron chi connectivity index (χ4n) is 3.34. The van der Waals surface area contributed by atoms with Gasteiger partial charge in [-0.15, -0.1) is 0 Å². The van der Waals surface area contributed by atoms with E-state index in [1.165, 1.54) is 0 Å². The maximum Gasteiger partial charge on any atom is 0.483 e. The van der Waals surface area contributed by atoms with Crippen LogP contribution in [0.4, 0.5) is 0 Å². The number of rotatable bonds is 9. The summed E-state index contributed by atoms with van der Waals surface area (Å²) in [6.07, 6.45) is -17.2. The lowest BCUT2D eigenvalue weighted by molar-refractivity contribution is -0.274. The third-order valence-corrected chi connectivity index (χ3v) is 7.72. The van der Waals surface area contributed by atoms with Gasteiger partial charge in [0, 0.05) is 12.3 Å². The average Bonchev–Trinajstić information content (AvgIpc) is 3.05. The van der Waals surface area contributed by atoms with Gasteiger partial charge in [-0.05, 0) is 0 Å². The summed E-state index contributed by atoms with van der Waals surface area (Å²) in [5, 5.41) is 58.3. The van der Waals surface area contributed by atoms with Gasteiger partial charge in [0.15, 0.2) is 18.6 Å². The van der Waals surface area contributed by atoms with Crippen LogP contribution in [0.3, 0.4) is 0 Å². The molecule has 0 radical (unpaired) electrons. The average molecular weight is 580 g/mol. The van der Waals surface area contributed by atoms with Crippen molar-refractivity contribution in [2.45, 2.75) is 55.2 Å². The molecule has 210 valence electrons. The van der Waals surface area contributed by atoms with Gasteiger partial charge in [0.2, 0.25) is 0 Å². The quantitative estimate of drug-likeness (QED) is 0.124. The van der Waals surface area contributed by atoms with E-state index in [0.717, 1.165) is 12.3 Å². The van der Waals surface area contributed by atoms with Crippen LogP contribution in [0.2, 0.25) is 0 Å². The molecule has 22 heteroatoms. The zero-order chi connectivity index (χ0) is 27.9. The predicted octanol–water partition coefficient (Wildman–Crippen LogP) is -4.70. The van der Waals surface area contributed by atoms with Crippen LogP contribution in [-0.4, -0.2) is 112 Å². The maximum atomic E-state index is 12.2. The molecule has 37 heavy (non-hydrogen) atoms. The number of hydrogen-bond donors (Lipinski definition) is 9. The molecular formula is C15H22N2O18P2. The molecule has 7 unspecified atom stereocenters. The monoisotopic (exact) mass is 580 g/mol. The number of nitrogens with zero attached hydrogens (tertiary/aromatic N) is 1. The number of aliphatic hydroxyl groups is 5. The second kappa shape index (κ2) is 11.1. The smallest absolute Gasteiger partial charge is 0.479 e.